The average Bonchev–Trinajstić information content (AvgIpc) is 2.61. The lowest BCUT2D eigenvalue weighted by molar-refractivity contribution is 0.246. The van der Waals surface area contributed by atoms with Crippen molar-refractivity contribution >= 4 is 16.9 Å². The highest BCUT2D eigenvalue weighted by Gasteiger charge is 2.08. The predicted octanol–water partition coefficient (Wildman–Crippen LogP) is 1.77. The minimum absolute atomic E-state index is 0.0386. The molecule has 0 saturated heterocycles. The second-order valence-corrected chi connectivity index (χ2v) is 3.97. The fraction of sp³-hybridized carbons (Fsp3) is 0.250. The van der Waals surface area contributed by atoms with Crippen molar-refractivity contribution in [2.45, 2.75) is 19.4 Å². The summed E-state index contributed by atoms with van der Waals surface area (Å²) in [6, 6.07) is 7.66. The van der Waals surface area contributed by atoms with Crippen LogP contribution < -0.4 is 11.1 Å². The number of aromatic nitrogens is 1. The minimum atomic E-state index is -0.479. The Kier molecular flexibility index (Phi) is 2.81. The molecule has 0 aliphatic carbocycles. The Balaban J connectivity index is 2.18. The summed E-state index contributed by atoms with van der Waals surface area (Å²) in [6.07, 6.45) is 2.75. The van der Waals surface area contributed by atoms with Crippen LogP contribution in [-0.4, -0.2) is 17.1 Å². The number of benzene rings is 1. The summed E-state index contributed by atoms with van der Waals surface area (Å²) >= 11 is 0. The first-order valence-corrected chi connectivity index (χ1v) is 5.28. The van der Waals surface area contributed by atoms with Crippen LogP contribution in [0.4, 0.5) is 4.79 Å². The van der Waals surface area contributed by atoms with Crippen LogP contribution in [0.1, 0.15) is 12.5 Å². The maximum Gasteiger partial charge on any atom is 0.312 e. The Bertz CT molecular complexity index is 504. The highest BCUT2D eigenvalue weighted by Crippen LogP contribution is 2.18. The average molecular weight is 217 g/mol. The lowest BCUT2D eigenvalue weighted by atomic mass is 10.1. The van der Waals surface area contributed by atoms with Gasteiger partial charge in [0.1, 0.15) is 0 Å². The normalized spacial score (nSPS) is 12.6. The largest absolute Gasteiger partial charge is 0.361 e. The number of para-hydroxylation sites is 1. The van der Waals surface area contributed by atoms with Crippen molar-refractivity contribution in [2.75, 3.05) is 0 Å². The molecule has 1 aromatic heterocycles. The van der Waals surface area contributed by atoms with Crippen LogP contribution >= 0.6 is 0 Å². The number of hydrogen-bond acceptors (Lipinski definition) is 1. The molecule has 4 nitrogen and oxygen atoms in total. The van der Waals surface area contributed by atoms with Crippen molar-refractivity contribution < 1.29 is 4.79 Å². The molecular weight excluding hydrogens is 202 g/mol. The van der Waals surface area contributed by atoms with Crippen LogP contribution in [-0.2, 0) is 6.42 Å². The molecule has 0 saturated carbocycles. The molecule has 0 unspecified atom stereocenters. The predicted molar refractivity (Wildman–Crippen MR) is 64.2 cm³/mol. The summed E-state index contributed by atoms with van der Waals surface area (Å²) < 4.78 is 0. The molecule has 1 aromatic carbocycles. The maximum absolute atomic E-state index is 10.7. The molecule has 0 spiro atoms. The van der Waals surface area contributed by atoms with E-state index in [1.165, 1.54) is 10.9 Å². The van der Waals surface area contributed by atoms with Crippen molar-refractivity contribution in [3.05, 3.63) is 36.0 Å². The van der Waals surface area contributed by atoms with Gasteiger partial charge in [0.05, 0.1) is 0 Å². The topological polar surface area (TPSA) is 70.9 Å². The first-order chi connectivity index (χ1) is 7.66. The second-order valence-electron chi connectivity index (χ2n) is 3.97. The van der Waals surface area contributed by atoms with E-state index < -0.39 is 6.03 Å². The van der Waals surface area contributed by atoms with E-state index in [9.17, 15) is 4.79 Å². The van der Waals surface area contributed by atoms with Crippen LogP contribution in [0.15, 0.2) is 30.5 Å². The van der Waals surface area contributed by atoms with Gasteiger partial charge in [-0.25, -0.2) is 4.79 Å². The number of primary amides is 1. The third-order valence-electron chi connectivity index (χ3n) is 2.59. The lowest BCUT2D eigenvalue weighted by Crippen LogP contribution is -2.37. The molecule has 4 heteroatoms. The van der Waals surface area contributed by atoms with E-state index in [0.29, 0.717) is 0 Å². The first-order valence-electron chi connectivity index (χ1n) is 5.28. The summed E-state index contributed by atoms with van der Waals surface area (Å²) in [5.74, 6) is 0. The number of amides is 2. The van der Waals surface area contributed by atoms with Crippen LogP contribution in [0.2, 0.25) is 0 Å². The van der Waals surface area contributed by atoms with Crippen molar-refractivity contribution in [3.8, 4) is 0 Å². The lowest BCUT2D eigenvalue weighted by Gasteiger charge is -2.10. The Hall–Kier alpha value is -1.97. The number of urea groups is 1. The summed E-state index contributed by atoms with van der Waals surface area (Å²) in [6.45, 7) is 1.94. The SMILES string of the molecule is C[C@H](Cc1c[nH]c2ccccc12)NC(N)=O. The van der Waals surface area contributed by atoms with Crippen molar-refractivity contribution in [1.82, 2.24) is 10.3 Å². The Morgan fingerprint density at radius 1 is 1.50 bits per heavy atom. The molecule has 2 amide bonds. The fourth-order valence-electron chi connectivity index (χ4n) is 1.92. The third kappa shape index (κ3) is 2.16. The van der Waals surface area contributed by atoms with E-state index in [0.717, 1.165) is 11.9 Å². The standard InChI is InChI=1S/C12H15N3O/c1-8(15-12(13)16)6-9-7-14-11-5-3-2-4-10(9)11/h2-5,7-8,14H,6H2,1H3,(H3,13,15,16)/t8-/m1/s1. The molecule has 4 N–H and O–H groups in total. The van der Waals surface area contributed by atoms with Gasteiger partial charge in [0, 0.05) is 23.1 Å². The van der Waals surface area contributed by atoms with Crippen molar-refractivity contribution in [1.29, 1.82) is 0 Å². The number of carbonyl (C=O) groups excluding carboxylic acids is 1. The van der Waals surface area contributed by atoms with Gasteiger partial charge in [-0.1, -0.05) is 18.2 Å². The van der Waals surface area contributed by atoms with Gasteiger partial charge < -0.3 is 16.0 Å². The van der Waals surface area contributed by atoms with E-state index in [1.807, 2.05) is 31.3 Å². The fourth-order valence-corrected chi connectivity index (χ4v) is 1.92. The summed E-state index contributed by atoms with van der Waals surface area (Å²) in [4.78, 5) is 13.9. The van der Waals surface area contributed by atoms with Gasteiger partial charge in [-0.05, 0) is 25.0 Å². The highest BCUT2D eigenvalue weighted by molar-refractivity contribution is 5.83. The number of nitrogens with one attached hydrogen (secondary N) is 2. The van der Waals surface area contributed by atoms with E-state index in [-0.39, 0.29) is 6.04 Å². The van der Waals surface area contributed by atoms with Gasteiger partial charge in [0.2, 0.25) is 0 Å². The minimum Gasteiger partial charge on any atom is -0.361 e. The number of H-pyrrole nitrogens is 1. The molecule has 2 rings (SSSR count). The molecule has 0 radical (unpaired) electrons. The van der Waals surface area contributed by atoms with Gasteiger partial charge in [-0.2, -0.15) is 0 Å². The summed E-state index contributed by atoms with van der Waals surface area (Å²) in [7, 11) is 0. The van der Waals surface area contributed by atoms with Crippen LogP contribution in [0.25, 0.3) is 10.9 Å². The number of nitrogens with two attached hydrogens (primary N) is 1. The zero-order valence-corrected chi connectivity index (χ0v) is 9.16. The molecule has 16 heavy (non-hydrogen) atoms. The first kappa shape index (κ1) is 10.5. The van der Waals surface area contributed by atoms with Crippen molar-refractivity contribution in [3.63, 3.8) is 0 Å². The maximum atomic E-state index is 10.7. The van der Waals surface area contributed by atoms with Crippen LogP contribution in [0.5, 0.6) is 0 Å². The Morgan fingerprint density at radius 3 is 3.00 bits per heavy atom. The van der Waals surface area contributed by atoms with E-state index in [1.54, 1.807) is 0 Å². The van der Waals surface area contributed by atoms with Crippen molar-refractivity contribution in [2.24, 2.45) is 5.73 Å². The van der Waals surface area contributed by atoms with Gasteiger partial charge in [0.15, 0.2) is 0 Å². The van der Waals surface area contributed by atoms with Crippen LogP contribution in [0, 0.1) is 0 Å². The summed E-state index contributed by atoms with van der Waals surface area (Å²) in [5, 5.41) is 3.87. The molecule has 1 atom stereocenters. The molecule has 1 heterocycles. The number of fused-ring (bicyclic) bond motifs is 1. The zero-order valence-electron chi connectivity index (χ0n) is 9.16. The second kappa shape index (κ2) is 4.26. The highest BCUT2D eigenvalue weighted by atomic mass is 16.2. The quantitative estimate of drug-likeness (QED) is 0.720. The zero-order chi connectivity index (χ0) is 11.5. The van der Waals surface area contributed by atoms with E-state index in [2.05, 4.69) is 16.4 Å². The van der Waals surface area contributed by atoms with Gasteiger partial charge in [-0.15, -0.1) is 0 Å². The van der Waals surface area contributed by atoms with Gasteiger partial charge in [-0.3, -0.25) is 0 Å². The number of rotatable bonds is 3. The van der Waals surface area contributed by atoms with Gasteiger partial charge in [0.25, 0.3) is 0 Å². The Morgan fingerprint density at radius 2 is 2.25 bits per heavy atom. The smallest absolute Gasteiger partial charge is 0.312 e. The molecule has 2 aromatic rings. The van der Waals surface area contributed by atoms with E-state index >= 15 is 0 Å². The van der Waals surface area contributed by atoms with Crippen LogP contribution in [0.3, 0.4) is 0 Å². The summed E-state index contributed by atoms with van der Waals surface area (Å²) in [5.41, 5.74) is 7.38. The molecule has 84 valence electrons. The number of hydrogen-bond donors (Lipinski definition) is 3. The number of carbonyl (C=O) groups is 1. The molecule has 0 aliphatic rings. The molecule has 0 aliphatic heterocycles. The molecule has 0 bridgehead atoms. The Labute approximate surface area is 93.8 Å². The van der Waals surface area contributed by atoms with E-state index in [4.69, 9.17) is 5.73 Å². The molecular formula is C12H15N3O. The van der Waals surface area contributed by atoms with Gasteiger partial charge >= 0.3 is 6.03 Å². The number of aromatic amines is 1. The monoisotopic (exact) mass is 217 g/mol. The third-order valence-corrected chi connectivity index (χ3v) is 2.59. The molecule has 0 fully saturated rings.